The maximum atomic E-state index is 14.4. The Balaban J connectivity index is 1.44. The molecule has 200 valence electrons. The SMILES string of the molecule is CC(C)NCCOc1ncccc1-c1nc2cc(F)ccc2c2c1N(C)C(=O)C21CC(Oc2ccccc2)C1. The van der Waals surface area contributed by atoms with Crippen LogP contribution in [0.3, 0.4) is 0 Å². The van der Waals surface area contributed by atoms with Crippen LogP contribution in [0, 0.1) is 5.82 Å². The van der Waals surface area contributed by atoms with Gasteiger partial charge in [-0.1, -0.05) is 32.0 Å². The van der Waals surface area contributed by atoms with Crippen LogP contribution in [0.5, 0.6) is 11.6 Å². The lowest BCUT2D eigenvalue weighted by Gasteiger charge is -2.43. The van der Waals surface area contributed by atoms with Crippen molar-refractivity contribution in [1.82, 2.24) is 15.3 Å². The van der Waals surface area contributed by atoms with E-state index in [0.29, 0.717) is 54.7 Å². The van der Waals surface area contributed by atoms with E-state index in [2.05, 4.69) is 24.1 Å². The maximum absolute atomic E-state index is 14.4. The number of ether oxygens (including phenoxy) is 2. The predicted molar refractivity (Wildman–Crippen MR) is 149 cm³/mol. The number of hydrogen-bond donors (Lipinski definition) is 1. The first-order chi connectivity index (χ1) is 18.9. The first-order valence-corrected chi connectivity index (χ1v) is 13.3. The number of likely N-dealkylation sites (N-methyl/N-ethyl adjacent to an activating group) is 1. The van der Waals surface area contributed by atoms with E-state index < -0.39 is 5.41 Å². The Morgan fingerprint density at radius 1 is 1.13 bits per heavy atom. The van der Waals surface area contributed by atoms with Gasteiger partial charge in [0.25, 0.3) is 0 Å². The molecule has 39 heavy (non-hydrogen) atoms. The topological polar surface area (TPSA) is 76.6 Å². The number of fused-ring (bicyclic) bond motifs is 4. The van der Waals surface area contributed by atoms with Crippen molar-refractivity contribution in [3.63, 3.8) is 0 Å². The van der Waals surface area contributed by atoms with Crippen molar-refractivity contribution in [2.24, 2.45) is 0 Å². The van der Waals surface area contributed by atoms with Crippen molar-refractivity contribution < 1.29 is 18.7 Å². The molecule has 0 radical (unpaired) electrons. The molecule has 1 amide bonds. The van der Waals surface area contributed by atoms with E-state index in [1.165, 1.54) is 12.1 Å². The second-order valence-electron chi connectivity index (χ2n) is 10.6. The monoisotopic (exact) mass is 526 g/mol. The summed E-state index contributed by atoms with van der Waals surface area (Å²) < 4.78 is 26.7. The molecule has 1 spiro atoms. The number of pyridine rings is 2. The van der Waals surface area contributed by atoms with E-state index in [1.54, 1.807) is 24.2 Å². The number of rotatable bonds is 8. The molecule has 2 aromatic heterocycles. The van der Waals surface area contributed by atoms with Crippen LogP contribution in [0.1, 0.15) is 32.3 Å². The van der Waals surface area contributed by atoms with Gasteiger partial charge >= 0.3 is 0 Å². The molecule has 0 atom stereocenters. The highest BCUT2D eigenvalue weighted by molar-refractivity contribution is 6.16. The Morgan fingerprint density at radius 2 is 1.92 bits per heavy atom. The van der Waals surface area contributed by atoms with Gasteiger partial charge in [0, 0.05) is 55.7 Å². The van der Waals surface area contributed by atoms with Gasteiger partial charge in [0.05, 0.1) is 22.2 Å². The van der Waals surface area contributed by atoms with Gasteiger partial charge < -0.3 is 19.7 Å². The lowest BCUT2D eigenvalue weighted by molar-refractivity contribution is -0.129. The Morgan fingerprint density at radius 3 is 2.69 bits per heavy atom. The number of carbonyl (C=O) groups is 1. The number of nitrogens with zero attached hydrogens (tertiary/aromatic N) is 3. The number of amides is 1. The minimum Gasteiger partial charge on any atom is -0.490 e. The summed E-state index contributed by atoms with van der Waals surface area (Å²) in [5.74, 6) is 0.823. The van der Waals surface area contributed by atoms with Crippen LogP contribution in [-0.2, 0) is 10.2 Å². The fraction of sp³-hybridized carbons (Fsp3) is 0.323. The van der Waals surface area contributed by atoms with Gasteiger partial charge in [-0.15, -0.1) is 0 Å². The van der Waals surface area contributed by atoms with E-state index >= 15 is 0 Å². The minimum absolute atomic E-state index is 0.00206. The van der Waals surface area contributed by atoms with Crippen LogP contribution in [0.2, 0.25) is 0 Å². The molecule has 1 aliphatic heterocycles. The molecule has 6 rings (SSSR count). The molecule has 0 unspecified atom stereocenters. The molecule has 2 aliphatic rings. The fourth-order valence-corrected chi connectivity index (χ4v) is 5.81. The largest absolute Gasteiger partial charge is 0.490 e. The smallest absolute Gasteiger partial charge is 0.237 e. The summed E-state index contributed by atoms with van der Waals surface area (Å²) in [7, 11) is 1.78. The average molecular weight is 527 g/mol. The predicted octanol–water partition coefficient (Wildman–Crippen LogP) is 5.27. The highest BCUT2D eigenvalue weighted by Crippen LogP contribution is 2.58. The van der Waals surface area contributed by atoms with Crippen molar-refractivity contribution >= 4 is 22.5 Å². The van der Waals surface area contributed by atoms with Gasteiger partial charge in [0.1, 0.15) is 30.0 Å². The zero-order chi connectivity index (χ0) is 27.1. The zero-order valence-electron chi connectivity index (χ0n) is 22.3. The maximum Gasteiger partial charge on any atom is 0.237 e. The number of carbonyl (C=O) groups excluding carboxylic acids is 1. The Hall–Kier alpha value is -4.04. The van der Waals surface area contributed by atoms with Crippen molar-refractivity contribution in [3.8, 4) is 22.9 Å². The van der Waals surface area contributed by atoms with E-state index in [-0.39, 0.29) is 17.8 Å². The lowest BCUT2D eigenvalue weighted by Crippen LogP contribution is -2.53. The second-order valence-corrected chi connectivity index (χ2v) is 10.6. The third kappa shape index (κ3) is 4.38. The van der Waals surface area contributed by atoms with Crippen LogP contribution < -0.4 is 19.7 Å². The number of nitrogens with one attached hydrogen (secondary N) is 1. The standard InChI is InChI=1S/C31H31FN4O3/c1-19(2)33-14-15-38-29-24(10-7-13-34-29)27-28-26(23-12-11-20(32)16-25(23)35-27)31(30(37)36(28)3)17-22(18-31)39-21-8-5-4-6-9-21/h4-13,16,19,22,33H,14-15,17-18H2,1-3H3. The van der Waals surface area contributed by atoms with Crippen molar-refractivity contribution in [3.05, 3.63) is 78.2 Å². The number of hydrogen-bond acceptors (Lipinski definition) is 6. The number of halogens is 1. The normalized spacial score (nSPS) is 20.0. The van der Waals surface area contributed by atoms with E-state index in [4.69, 9.17) is 14.5 Å². The van der Waals surface area contributed by atoms with Crippen LogP contribution in [0.25, 0.3) is 22.2 Å². The third-order valence-electron chi connectivity index (χ3n) is 7.57. The van der Waals surface area contributed by atoms with Gasteiger partial charge in [0.2, 0.25) is 11.8 Å². The van der Waals surface area contributed by atoms with Crippen LogP contribution in [0.15, 0.2) is 66.9 Å². The number of para-hydroxylation sites is 1. The van der Waals surface area contributed by atoms with Crippen LogP contribution in [0.4, 0.5) is 10.1 Å². The summed E-state index contributed by atoms with van der Waals surface area (Å²) in [5, 5.41) is 4.11. The highest BCUT2D eigenvalue weighted by atomic mass is 19.1. The van der Waals surface area contributed by atoms with Crippen molar-refractivity contribution in [2.75, 3.05) is 25.1 Å². The molecule has 2 aromatic carbocycles. The second kappa shape index (κ2) is 9.93. The Bertz CT molecular complexity index is 1540. The quantitative estimate of drug-likeness (QED) is 0.315. The molecule has 1 saturated carbocycles. The van der Waals surface area contributed by atoms with Gasteiger partial charge in [-0.2, -0.15) is 0 Å². The number of anilines is 1. The molecule has 0 saturated heterocycles. The highest BCUT2D eigenvalue weighted by Gasteiger charge is 2.60. The van der Waals surface area contributed by atoms with Crippen molar-refractivity contribution in [2.45, 2.75) is 44.2 Å². The molecule has 1 fully saturated rings. The summed E-state index contributed by atoms with van der Waals surface area (Å²) >= 11 is 0. The zero-order valence-corrected chi connectivity index (χ0v) is 22.3. The van der Waals surface area contributed by atoms with Gasteiger partial charge in [-0.25, -0.2) is 14.4 Å². The van der Waals surface area contributed by atoms with Gasteiger partial charge in [0.15, 0.2) is 0 Å². The fourth-order valence-electron chi connectivity index (χ4n) is 5.81. The molecule has 4 aromatic rings. The number of benzene rings is 2. The minimum atomic E-state index is -0.762. The molecule has 8 heteroatoms. The van der Waals surface area contributed by atoms with E-state index in [9.17, 15) is 9.18 Å². The molecule has 1 aliphatic carbocycles. The molecule has 1 N–H and O–H groups in total. The summed E-state index contributed by atoms with van der Waals surface area (Å²) in [6.07, 6.45) is 2.63. The summed E-state index contributed by atoms with van der Waals surface area (Å²) in [6.45, 7) is 5.23. The van der Waals surface area contributed by atoms with Gasteiger partial charge in [-0.3, -0.25) is 4.79 Å². The van der Waals surface area contributed by atoms with E-state index in [0.717, 1.165) is 22.4 Å². The summed E-state index contributed by atoms with van der Waals surface area (Å²) in [4.78, 5) is 25.0. The van der Waals surface area contributed by atoms with Gasteiger partial charge in [-0.05, 0) is 36.4 Å². The first-order valence-electron chi connectivity index (χ1n) is 13.3. The molecule has 7 nitrogen and oxygen atoms in total. The Labute approximate surface area is 227 Å². The third-order valence-corrected chi connectivity index (χ3v) is 7.57. The molecular weight excluding hydrogens is 495 g/mol. The molecule has 0 bridgehead atoms. The Kier molecular flexibility index (Phi) is 6.43. The molecular formula is C31H31FN4O3. The van der Waals surface area contributed by atoms with Crippen LogP contribution in [-0.4, -0.2) is 48.2 Å². The number of aromatic nitrogens is 2. The van der Waals surface area contributed by atoms with Crippen molar-refractivity contribution in [1.29, 1.82) is 0 Å². The molecule has 3 heterocycles. The first kappa shape index (κ1) is 25.2. The average Bonchev–Trinajstić information content (AvgIpc) is 3.14. The van der Waals surface area contributed by atoms with Crippen LogP contribution >= 0.6 is 0 Å². The van der Waals surface area contributed by atoms with E-state index in [1.807, 2.05) is 42.5 Å². The summed E-state index contributed by atoms with van der Waals surface area (Å²) in [6, 6.07) is 18.3. The lowest BCUT2D eigenvalue weighted by atomic mass is 9.62. The summed E-state index contributed by atoms with van der Waals surface area (Å²) in [5.41, 5.74) is 2.55.